The number of hydrogen-bond donors (Lipinski definition) is 3. The van der Waals surface area contributed by atoms with E-state index < -0.39 is 11.9 Å². The topological polar surface area (TPSA) is 132 Å². The van der Waals surface area contributed by atoms with E-state index in [4.69, 9.17) is 9.68 Å². The van der Waals surface area contributed by atoms with Crippen LogP contribution in [-0.4, -0.2) is 27.0 Å². The monoisotopic (exact) mass is 428 g/mol. The van der Waals surface area contributed by atoms with Gasteiger partial charge in [0, 0.05) is 27.5 Å². The third-order valence-electron chi connectivity index (χ3n) is 4.76. The number of amides is 1. The molecule has 0 bridgehead atoms. The highest BCUT2D eigenvalue weighted by atomic mass is 32.1. The maximum Gasteiger partial charge on any atom is 0.339 e. The Labute approximate surface area is 178 Å². The molecule has 31 heavy (non-hydrogen) atoms. The molecule has 0 unspecified atom stereocenters. The largest absolute Gasteiger partial charge is 0.478 e. The molecule has 0 atom stereocenters. The standard InChI is InChI=1S/C22H12N4O4S/c23-9-11-5-6-14-12(7-11)8-16(24-14)13-10-31-21(18(13)22(28)29)26-19(27)20-25-15-3-1-2-4-17(15)30-20/h1-8,10,24H,(H,26,27)(H,28,29). The van der Waals surface area contributed by atoms with Crippen LogP contribution in [0.1, 0.15) is 26.6 Å². The minimum Gasteiger partial charge on any atom is -0.478 e. The first-order valence-electron chi connectivity index (χ1n) is 9.08. The summed E-state index contributed by atoms with van der Waals surface area (Å²) in [6.07, 6.45) is 0. The molecule has 0 radical (unpaired) electrons. The van der Waals surface area contributed by atoms with Crippen LogP contribution in [0.5, 0.6) is 0 Å². The molecule has 0 fully saturated rings. The fourth-order valence-electron chi connectivity index (χ4n) is 3.33. The Bertz CT molecular complexity index is 1500. The van der Waals surface area contributed by atoms with Crippen molar-refractivity contribution < 1.29 is 19.1 Å². The second kappa shape index (κ2) is 7.12. The number of H-pyrrole nitrogens is 1. The zero-order chi connectivity index (χ0) is 21.5. The number of aromatic nitrogens is 2. The van der Waals surface area contributed by atoms with Crippen molar-refractivity contribution in [2.75, 3.05) is 5.32 Å². The minimum atomic E-state index is -1.18. The van der Waals surface area contributed by atoms with E-state index >= 15 is 0 Å². The van der Waals surface area contributed by atoms with Gasteiger partial charge in [-0.2, -0.15) is 5.26 Å². The fraction of sp³-hybridized carbons (Fsp3) is 0. The number of rotatable bonds is 4. The number of hydrogen-bond acceptors (Lipinski definition) is 6. The van der Waals surface area contributed by atoms with Crippen LogP contribution < -0.4 is 5.32 Å². The smallest absolute Gasteiger partial charge is 0.339 e. The second-order valence-corrected chi connectivity index (χ2v) is 7.58. The van der Waals surface area contributed by atoms with Crippen molar-refractivity contribution in [3.63, 3.8) is 0 Å². The summed E-state index contributed by atoms with van der Waals surface area (Å²) in [6.45, 7) is 0. The number of nitriles is 1. The van der Waals surface area contributed by atoms with Gasteiger partial charge in [-0.15, -0.1) is 11.3 Å². The van der Waals surface area contributed by atoms with E-state index in [2.05, 4.69) is 21.4 Å². The molecule has 8 nitrogen and oxygen atoms in total. The van der Waals surface area contributed by atoms with Crippen LogP contribution in [0.3, 0.4) is 0 Å². The lowest BCUT2D eigenvalue weighted by Crippen LogP contribution is -2.13. The molecule has 5 rings (SSSR count). The van der Waals surface area contributed by atoms with Gasteiger partial charge in [0.05, 0.1) is 11.6 Å². The summed E-state index contributed by atoms with van der Waals surface area (Å²) in [5, 5.41) is 24.1. The number of oxazole rings is 1. The van der Waals surface area contributed by atoms with Gasteiger partial charge in [0.25, 0.3) is 5.89 Å². The zero-order valence-electron chi connectivity index (χ0n) is 15.7. The normalized spacial score (nSPS) is 10.9. The molecule has 5 aromatic rings. The molecule has 150 valence electrons. The lowest BCUT2D eigenvalue weighted by atomic mass is 10.1. The van der Waals surface area contributed by atoms with Crippen molar-refractivity contribution in [3.8, 4) is 17.3 Å². The summed E-state index contributed by atoms with van der Waals surface area (Å²) >= 11 is 1.09. The highest BCUT2D eigenvalue weighted by molar-refractivity contribution is 7.15. The zero-order valence-corrected chi connectivity index (χ0v) is 16.5. The molecule has 3 N–H and O–H groups in total. The van der Waals surface area contributed by atoms with E-state index in [1.54, 1.807) is 53.9 Å². The Morgan fingerprint density at radius 3 is 2.81 bits per heavy atom. The highest BCUT2D eigenvalue weighted by Crippen LogP contribution is 2.37. The van der Waals surface area contributed by atoms with E-state index in [-0.39, 0.29) is 16.5 Å². The molecule has 0 aliphatic rings. The second-order valence-electron chi connectivity index (χ2n) is 6.70. The first kappa shape index (κ1) is 18.6. The van der Waals surface area contributed by atoms with E-state index in [0.717, 1.165) is 22.2 Å². The van der Waals surface area contributed by atoms with Crippen LogP contribution in [0.4, 0.5) is 5.00 Å². The lowest BCUT2D eigenvalue weighted by molar-refractivity contribution is 0.0699. The third-order valence-corrected chi connectivity index (χ3v) is 5.66. The van der Waals surface area contributed by atoms with E-state index in [9.17, 15) is 14.7 Å². The molecule has 0 aliphatic heterocycles. The van der Waals surface area contributed by atoms with Gasteiger partial charge in [-0.1, -0.05) is 12.1 Å². The molecular formula is C22H12N4O4S. The van der Waals surface area contributed by atoms with Gasteiger partial charge in [-0.25, -0.2) is 9.78 Å². The molecular weight excluding hydrogens is 416 g/mol. The molecule has 2 aromatic carbocycles. The number of carbonyl (C=O) groups excluding carboxylic acids is 1. The fourth-order valence-corrected chi connectivity index (χ4v) is 4.28. The Kier molecular flexibility index (Phi) is 4.27. The molecule has 3 aromatic heterocycles. The van der Waals surface area contributed by atoms with E-state index in [0.29, 0.717) is 27.9 Å². The number of para-hydroxylation sites is 2. The number of nitrogens with zero attached hydrogens (tertiary/aromatic N) is 2. The van der Waals surface area contributed by atoms with Gasteiger partial charge in [0.2, 0.25) is 0 Å². The number of thiophene rings is 1. The number of nitrogens with one attached hydrogen (secondary N) is 2. The number of carboxylic acid groups (broad SMARTS) is 1. The van der Waals surface area contributed by atoms with Crippen molar-refractivity contribution in [2.45, 2.75) is 0 Å². The third kappa shape index (κ3) is 3.21. The average Bonchev–Trinajstić information content (AvgIpc) is 3.48. The number of carboxylic acids is 1. The molecule has 0 spiro atoms. The van der Waals surface area contributed by atoms with Crippen molar-refractivity contribution >= 4 is 50.2 Å². The molecule has 0 saturated carbocycles. The number of fused-ring (bicyclic) bond motifs is 2. The van der Waals surface area contributed by atoms with Gasteiger partial charge in [0.15, 0.2) is 5.58 Å². The Hall–Kier alpha value is -4.42. The lowest BCUT2D eigenvalue weighted by Gasteiger charge is -2.03. The van der Waals surface area contributed by atoms with Crippen LogP contribution in [-0.2, 0) is 0 Å². The van der Waals surface area contributed by atoms with Crippen molar-refractivity contribution in [1.82, 2.24) is 9.97 Å². The maximum absolute atomic E-state index is 12.6. The molecule has 0 saturated heterocycles. The summed E-state index contributed by atoms with van der Waals surface area (Å²) in [5.74, 6) is -1.97. The molecule has 0 aliphatic carbocycles. The summed E-state index contributed by atoms with van der Waals surface area (Å²) in [5.41, 5.74) is 3.24. The first-order chi connectivity index (χ1) is 15.0. The summed E-state index contributed by atoms with van der Waals surface area (Å²) in [4.78, 5) is 31.9. The summed E-state index contributed by atoms with van der Waals surface area (Å²) < 4.78 is 5.46. The summed E-state index contributed by atoms with van der Waals surface area (Å²) in [6, 6.07) is 16.0. The Morgan fingerprint density at radius 2 is 2.03 bits per heavy atom. The summed E-state index contributed by atoms with van der Waals surface area (Å²) in [7, 11) is 0. The number of aromatic carboxylic acids is 1. The SMILES string of the molecule is N#Cc1ccc2[nH]c(-c3csc(NC(=O)c4nc5ccccc5o4)c3C(=O)O)cc2c1. The predicted octanol–water partition coefficient (Wildman–Crippen LogP) is 4.86. The van der Waals surface area contributed by atoms with Crippen molar-refractivity contribution in [1.29, 1.82) is 5.26 Å². The van der Waals surface area contributed by atoms with E-state index in [1.807, 2.05) is 0 Å². The van der Waals surface area contributed by atoms with Crippen LogP contribution in [0.2, 0.25) is 0 Å². The quantitative estimate of drug-likeness (QED) is 0.374. The molecule has 1 amide bonds. The maximum atomic E-state index is 12.6. The first-order valence-corrected chi connectivity index (χ1v) is 9.96. The number of anilines is 1. The predicted molar refractivity (Wildman–Crippen MR) is 115 cm³/mol. The average molecular weight is 428 g/mol. The minimum absolute atomic E-state index is 0.0403. The molecule has 3 heterocycles. The number of carbonyl (C=O) groups is 2. The van der Waals surface area contributed by atoms with Gasteiger partial charge in [0.1, 0.15) is 16.1 Å². The van der Waals surface area contributed by atoms with Gasteiger partial charge < -0.3 is 19.8 Å². The van der Waals surface area contributed by atoms with Crippen molar-refractivity contribution in [2.24, 2.45) is 0 Å². The Morgan fingerprint density at radius 1 is 1.19 bits per heavy atom. The van der Waals surface area contributed by atoms with Gasteiger partial charge in [-0.05, 0) is 36.4 Å². The van der Waals surface area contributed by atoms with Crippen LogP contribution >= 0.6 is 11.3 Å². The van der Waals surface area contributed by atoms with Crippen LogP contribution in [0.15, 0.2) is 58.3 Å². The number of aromatic amines is 1. The van der Waals surface area contributed by atoms with Gasteiger partial charge in [-0.3, -0.25) is 4.79 Å². The van der Waals surface area contributed by atoms with Crippen molar-refractivity contribution in [3.05, 3.63) is 70.9 Å². The van der Waals surface area contributed by atoms with Crippen LogP contribution in [0, 0.1) is 11.3 Å². The highest BCUT2D eigenvalue weighted by Gasteiger charge is 2.24. The van der Waals surface area contributed by atoms with Crippen LogP contribution in [0.25, 0.3) is 33.3 Å². The Balaban J connectivity index is 1.52. The van der Waals surface area contributed by atoms with E-state index in [1.165, 1.54) is 0 Å². The molecule has 9 heteroatoms. The van der Waals surface area contributed by atoms with Gasteiger partial charge >= 0.3 is 11.9 Å². The number of benzene rings is 2.